The van der Waals surface area contributed by atoms with Crippen molar-refractivity contribution in [2.45, 2.75) is 16.5 Å². The Labute approximate surface area is 136 Å². The molecule has 2 rings (SSSR count). The van der Waals surface area contributed by atoms with Gasteiger partial charge >= 0.3 is 0 Å². The van der Waals surface area contributed by atoms with E-state index in [9.17, 15) is 4.79 Å². The fraction of sp³-hybridized carbons (Fsp3) is 0.385. The normalized spacial score (nSPS) is 11.9. The molecule has 1 atom stereocenters. The number of hydrogen-bond donors (Lipinski definition) is 1. The van der Waals surface area contributed by atoms with E-state index in [1.54, 1.807) is 30.9 Å². The molecule has 0 aromatic carbocycles. The molecule has 118 valence electrons. The first kappa shape index (κ1) is 16.7. The van der Waals surface area contributed by atoms with Crippen molar-refractivity contribution in [3.63, 3.8) is 0 Å². The molecular formula is C13H16N4O3S2. The quantitative estimate of drug-likeness (QED) is 0.581. The Morgan fingerprint density at radius 1 is 1.45 bits per heavy atom. The van der Waals surface area contributed by atoms with Crippen LogP contribution in [0.15, 0.2) is 28.2 Å². The Morgan fingerprint density at radius 2 is 2.32 bits per heavy atom. The SMILES string of the molecule is COCCOc1ccc(NC(=O)[C@@H](C)Sc2nncs2)cn1. The average molecular weight is 340 g/mol. The number of amides is 1. The smallest absolute Gasteiger partial charge is 0.237 e. The molecule has 0 saturated heterocycles. The summed E-state index contributed by atoms with van der Waals surface area (Å²) in [4.78, 5) is 16.2. The maximum atomic E-state index is 12.1. The Hall–Kier alpha value is -1.71. The van der Waals surface area contributed by atoms with Gasteiger partial charge in [-0.3, -0.25) is 4.79 Å². The van der Waals surface area contributed by atoms with E-state index in [0.717, 1.165) is 4.34 Å². The van der Waals surface area contributed by atoms with Gasteiger partial charge in [-0.2, -0.15) is 0 Å². The molecular weight excluding hydrogens is 324 g/mol. The number of carbonyl (C=O) groups is 1. The van der Waals surface area contributed by atoms with Gasteiger partial charge in [0.2, 0.25) is 11.8 Å². The highest BCUT2D eigenvalue weighted by atomic mass is 32.2. The maximum absolute atomic E-state index is 12.1. The van der Waals surface area contributed by atoms with Crippen LogP contribution in [0.3, 0.4) is 0 Å². The zero-order valence-corrected chi connectivity index (χ0v) is 13.8. The van der Waals surface area contributed by atoms with Gasteiger partial charge in [0.15, 0.2) is 4.34 Å². The van der Waals surface area contributed by atoms with Crippen molar-refractivity contribution >= 4 is 34.7 Å². The van der Waals surface area contributed by atoms with Crippen LogP contribution in [-0.2, 0) is 9.53 Å². The second-order valence-corrected chi connectivity index (χ2v) is 6.60. The van der Waals surface area contributed by atoms with Crippen molar-refractivity contribution in [3.8, 4) is 5.88 Å². The molecule has 0 bridgehead atoms. The van der Waals surface area contributed by atoms with Crippen molar-refractivity contribution in [2.75, 3.05) is 25.6 Å². The minimum absolute atomic E-state index is 0.116. The summed E-state index contributed by atoms with van der Waals surface area (Å²) in [5, 5.41) is 10.2. The monoisotopic (exact) mass is 340 g/mol. The summed E-state index contributed by atoms with van der Waals surface area (Å²) in [6, 6.07) is 3.45. The molecule has 2 aromatic heterocycles. The highest BCUT2D eigenvalue weighted by molar-refractivity contribution is 8.02. The number of methoxy groups -OCH3 is 1. The highest BCUT2D eigenvalue weighted by Crippen LogP contribution is 2.25. The molecule has 7 nitrogen and oxygen atoms in total. The van der Waals surface area contributed by atoms with Gasteiger partial charge in [0.05, 0.1) is 23.7 Å². The Morgan fingerprint density at radius 3 is 2.95 bits per heavy atom. The molecule has 0 aliphatic heterocycles. The summed E-state index contributed by atoms with van der Waals surface area (Å²) in [6.07, 6.45) is 1.56. The van der Waals surface area contributed by atoms with E-state index in [4.69, 9.17) is 9.47 Å². The second kappa shape index (κ2) is 8.66. The van der Waals surface area contributed by atoms with Gasteiger partial charge in [0.1, 0.15) is 12.1 Å². The van der Waals surface area contributed by atoms with Crippen molar-refractivity contribution in [1.82, 2.24) is 15.2 Å². The lowest BCUT2D eigenvalue weighted by Gasteiger charge is -2.10. The van der Waals surface area contributed by atoms with E-state index in [-0.39, 0.29) is 11.2 Å². The summed E-state index contributed by atoms with van der Waals surface area (Å²) in [5.41, 5.74) is 2.26. The van der Waals surface area contributed by atoms with Gasteiger partial charge in [0, 0.05) is 13.2 Å². The first-order chi connectivity index (χ1) is 10.7. The number of pyridine rings is 1. The third kappa shape index (κ3) is 5.24. The maximum Gasteiger partial charge on any atom is 0.237 e. The Balaban J connectivity index is 1.83. The molecule has 2 aromatic rings. The number of hydrogen-bond acceptors (Lipinski definition) is 8. The van der Waals surface area contributed by atoms with Gasteiger partial charge in [0.25, 0.3) is 0 Å². The third-order valence-corrected chi connectivity index (χ3v) is 4.44. The molecule has 1 N–H and O–H groups in total. The van der Waals surface area contributed by atoms with Crippen LogP contribution in [0.5, 0.6) is 5.88 Å². The van der Waals surface area contributed by atoms with Crippen molar-refractivity contribution in [3.05, 3.63) is 23.8 Å². The number of rotatable bonds is 8. The lowest BCUT2D eigenvalue weighted by molar-refractivity contribution is -0.115. The molecule has 1 amide bonds. The molecule has 0 fully saturated rings. The van der Waals surface area contributed by atoms with Gasteiger partial charge < -0.3 is 14.8 Å². The van der Waals surface area contributed by atoms with Gasteiger partial charge in [-0.15, -0.1) is 10.2 Å². The largest absolute Gasteiger partial charge is 0.475 e. The van der Waals surface area contributed by atoms with Crippen LogP contribution in [0.4, 0.5) is 5.69 Å². The predicted octanol–water partition coefficient (Wildman–Crippen LogP) is 2.08. The summed E-state index contributed by atoms with van der Waals surface area (Å²) in [6.45, 7) is 2.75. The van der Waals surface area contributed by atoms with Crippen LogP contribution in [0.2, 0.25) is 0 Å². The summed E-state index contributed by atoms with van der Waals surface area (Å²) in [5.74, 6) is 0.376. The number of aromatic nitrogens is 3. The predicted molar refractivity (Wildman–Crippen MR) is 85.5 cm³/mol. The highest BCUT2D eigenvalue weighted by Gasteiger charge is 2.16. The zero-order valence-electron chi connectivity index (χ0n) is 12.2. The lowest BCUT2D eigenvalue weighted by Crippen LogP contribution is -2.22. The van der Waals surface area contributed by atoms with Crippen LogP contribution >= 0.6 is 23.1 Å². The number of nitrogens with zero attached hydrogens (tertiary/aromatic N) is 3. The van der Waals surface area contributed by atoms with Crippen LogP contribution in [0.1, 0.15) is 6.92 Å². The van der Waals surface area contributed by atoms with E-state index >= 15 is 0 Å². The van der Waals surface area contributed by atoms with Crippen LogP contribution in [-0.4, -0.2) is 46.7 Å². The molecule has 2 heterocycles. The van der Waals surface area contributed by atoms with E-state index in [2.05, 4.69) is 20.5 Å². The molecule has 0 spiro atoms. The topological polar surface area (TPSA) is 86.2 Å². The van der Waals surface area contributed by atoms with Gasteiger partial charge in [-0.05, 0) is 13.0 Å². The van der Waals surface area contributed by atoms with Crippen LogP contribution in [0, 0.1) is 0 Å². The van der Waals surface area contributed by atoms with Gasteiger partial charge in [-0.25, -0.2) is 4.98 Å². The van der Waals surface area contributed by atoms with E-state index < -0.39 is 0 Å². The standard InChI is InChI=1S/C13H16N4O3S2/c1-9(22-13-17-15-8-21-13)12(18)16-10-3-4-11(14-7-10)20-6-5-19-2/h3-4,7-9H,5-6H2,1-2H3,(H,16,18)/t9-/m1/s1. The number of ether oxygens (including phenoxy) is 2. The molecule has 0 saturated carbocycles. The molecule has 0 aliphatic carbocycles. The number of anilines is 1. The number of nitrogens with one attached hydrogen (secondary N) is 1. The average Bonchev–Trinajstić information content (AvgIpc) is 3.02. The summed E-state index contributed by atoms with van der Waals surface area (Å²) < 4.78 is 11.0. The van der Waals surface area contributed by atoms with Crippen LogP contribution in [0.25, 0.3) is 0 Å². The minimum Gasteiger partial charge on any atom is -0.475 e. The molecule has 0 radical (unpaired) electrons. The van der Waals surface area contributed by atoms with Crippen LogP contribution < -0.4 is 10.1 Å². The second-order valence-electron chi connectivity index (χ2n) is 4.18. The summed E-state index contributed by atoms with van der Waals surface area (Å²) >= 11 is 2.78. The van der Waals surface area contributed by atoms with Gasteiger partial charge in [-0.1, -0.05) is 23.1 Å². The first-order valence-electron chi connectivity index (χ1n) is 6.50. The Kier molecular flexibility index (Phi) is 6.56. The van der Waals surface area contributed by atoms with E-state index in [1.807, 2.05) is 6.92 Å². The molecule has 22 heavy (non-hydrogen) atoms. The fourth-order valence-electron chi connectivity index (χ4n) is 1.43. The minimum atomic E-state index is -0.273. The van der Waals surface area contributed by atoms with Crippen molar-refractivity contribution < 1.29 is 14.3 Å². The molecule has 0 aliphatic rings. The van der Waals surface area contributed by atoms with E-state index in [0.29, 0.717) is 24.8 Å². The lowest BCUT2D eigenvalue weighted by atomic mass is 10.3. The fourth-order valence-corrected chi connectivity index (χ4v) is 3.06. The van der Waals surface area contributed by atoms with Crippen molar-refractivity contribution in [1.29, 1.82) is 0 Å². The Bertz CT molecular complexity index is 577. The molecule has 9 heteroatoms. The number of thioether (sulfide) groups is 1. The summed E-state index contributed by atoms with van der Waals surface area (Å²) in [7, 11) is 1.61. The first-order valence-corrected chi connectivity index (χ1v) is 8.26. The zero-order chi connectivity index (χ0) is 15.8. The third-order valence-electron chi connectivity index (χ3n) is 2.53. The number of carbonyl (C=O) groups excluding carboxylic acids is 1. The van der Waals surface area contributed by atoms with Crippen molar-refractivity contribution in [2.24, 2.45) is 0 Å². The van der Waals surface area contributed by atoms with E-state index in [1.165, 1.54) is 23.1 Å². The molecule has 0 unspecified atom stereocenters.